The number of phenols is 1. The van der Waals surface area contributed by atoms with Gasteiger partial charge in [0.2, 0.25) is 0 Å². The van der Waals surface area contributed by atoms with E-state index in [1.165, 1.54) is 18.2 Å². The molecule has 0 saturated heterocycles. The van der Waals surface area contributed by atoms with E-state index in [-0.39, 0.29) is 23.2 Å². The molecule has 0 bridgehead atoms. The molecule has 0 spiro atoms. The number of carboxylic acid groups (broad SMARTS) is 1. The van der Waals surface area contributed by atoms with Gasteiger partial charge < -0.3 is 14.9 Å². The van der Waals surface area contributed by atoms with Gasteiger partial charge in [-0.25, -0.2) is 9.18 Å². The van der Waals surface area contributed by atoms with Crippen molar-refractivity contribution in [3.63, 3.8) is 0 Å². The number of carbonyl (C=O) groups is 1. The Balaban J connectivity index is 2.01. The van der Waals surface area contributed by atoms with E-state index in [0.717, 1.165) is 24.8 Å². The molecule has 0 aliphatic heterocycles. The summed E-state index contributed by atoms with van der Waals surface area (Å²) >= 11 is 0. The van der Waals surface area contributed by atoms with Crippen LogP contribution in [-0.4, -0.2) is 22.3 Å². The molecule has 2 aromatic rings. The standard InChI is InChI=1S/C20H19FO4/c1-12-16(10-7-13-5-8-14(21)9-6-13)19(20(23)24)17(22)11-18(12)25-15-3-2-4-15/h5-11,15,22H,2-4H2,1H3,(H,23,24). The van der Waals surface area contributed by atoms with Gasteiger partial charge in [-0.2, -0.15) is 0 Å². The Morgan fingerprint density at radius 3 is 2.48 bits per heavy atom. The van der Waals surface area contributed by atoms with Crippen molar-refractivity contribution in [1.29, 1.82) is 0 Å². The molecular formula is C20H19FO4. The van der Waals surface area contributed by atoms with Crippen molar-refractivity contribution >= 4 is 18.1 Å². The molecule has 0 unspecified atom stereocenters. The van der Waals surface area contributed by atoms with Crippen LogP contribution in [0.1, 0.15) is 46.3 Å². The van der Waals surface area contributed by atoms with Crippen molar-refractivity contribution in [3.05, 3.63) is 58.4 Å². The number of benzene rings is 2. The first kappa shape index (κ1) is 17.0. The zero-order valence-electron chi connectivity index (χ0n) is 13.8. The lowest BCUT2D eigenvalue weighted by Crippen LogP contribution is -2.25. The second-order valence-corrected chi connectivity index (χ2v) is 6.17. The highest BCUT2D eigenvalue weighted by Gasteiger charge is 2.24. The van der Waals surface area contributed by atoms with Gasteiger partial charge >= 0.3 is 5.97 Å². The molecule has 0 amide bonds. The van der Waals surface area contributed by atoms with Gasteiger partial charge in [-0.15, -0.1) is 0 Å². The smallest absolute Gasteiger partial charge is 0.340 e. The highest BCUT2D eigenvalue weighted by atomic mass is 19.1. The van der Waals surface area contributed by atoms with Crippen LogP contribution in [0.15, 0.2) is 30.3 Å². The van der Waals surface area contributed by atoms with Crippen LogP contribution in [0, 0.1) is 12.7 Å². The van der Waals surface area contributed by atoms with Crippen molar-refractivity contribution < 1.29 is 24.1 Å². The van der Waals surface area contributed by atoms with Gasteiger partial charge in [0.25, 0.3) is 0 Å². The Kier molecular flexibility index (Phi) is 4.74. The molecule has 1 fully saturated rings. The Hall–Kier alpha value is -2.82. The Morgan fingerprint density at radius 2 is 1.92 bits per heavy atom. The van der Waals surface area contributed by atoms with Crippen molar-refractivity contribution in [3.8, 4) is 11.5 Å². The predicted molar refractivity (Wildman–Crippen MR) is 93.4 cm³/mol. The van der Waals surface area contributed by atoms with E-state index >= 15 is 0 Å². The van der Waals surface area contributed by atoms with Crippen LogP contribution >= 0.6 is 0 Å². The van der Waals surface area contributed by atoms with E-state index in [1.54, 1.807) is 31.2 Å². The number of ether oxygens (including phenoxy) is 1. The average Bonchev–Trinajstić information content (AvgIpc) is 2.53. The second kappa shape index (κ2) is 6.97. The minimum atomic E-state index is -1.21. The molecule has 0 atom stereocenters. The normalized spacial score (nSPS) is 14.5. The van der Waals surface area contributed by atoms with Gasteiger partial charge in [0.1, 0.15) is 22.9 Å². The zero-order chi connectivity index (χ0) is 18.0. The van der Waals surface area contributed by atoms with Crippen LogP contribution in [0.3, 0.4) is 0 Å². The van der Waals surface area contributed by atoms with Crippen LogP contribution in [0.4, 0.5) is 4.39 Å². The van der Waals surface area contributed by atoms with Crippen molar-refractivity contribution in [2.75, 3.05) is 0 Å². The van der Waals surface area contributed by atoms with E-state index in [4.69, 9.17) is 4.74 Å². The topological polar surface area (TPSA) is 66.8 Å². The molecule has 0 heterocycles. The molecule has 0 radical (unpaired) electrons. The van der Waals surface area contributed by atoms with Gasteiger partial charge in [-0.1, -0.05) is 24.3 Å². The first-order chi connectivity index (χ1) is 12.0. The number of rotatable bonds is 5. The number of carboxylic acids is 1. The summed E-state index contributed by atoms with van der Waals surface area (Å²) in [6.07, 6.45) is 6.44. The number of halogens is 1. The quantitative estimate of drug-likeness (QED) is 0.777. The summed E-state index contributed by atoms with van der Waals surface area (Å²) in [5, 5.41) is 19.6. The Bertz CT molecular complexity index is 821. The van der Waals surface area contributed by atoms with E-state index in [9.17, 15) is 19.4 Å². The third kappa shape index (κ3) is 3.65. The summed E-state index contributed by atoms with van der Waals surface area (Å²) in [6.45, 7) is 1.77. The monoisotopic (exact) mass is 342 g/mol. The highest BCUT2D eigenvalue weighted by Crippen LogP contribution is 2.36. The van der Waals surface area contributed by atoms with E-state index in [2.05, 4.69) is 0 Å². The molecule has 1 saturated carbocycles. The number of hydrogen-bond donors (Lipinski definition) is 2. The Morgan fingerprint density at radius 1 is 1.24 bits per heavy atom. The zero-order valence-corrected chi connectivity index (χ0v) is 13.8. The predicted octanol–water partition coefficient (Wildman–Crippen LogP) is 4.64. The van der Waals surface area contributed by atoms with Crippen molar-refractivity contribution in [2.45, 2.75) is 32.3 Å². The number of hydrogen-bond acceptors (Lipinski definition) is 3. The minimum absolute atomic E-state index is 0.114. The lowest BCUT2D eigenvalue weighted by Gasteiger charge is -2.28. The van der Waals surface area contributed by atoms with Gasteiger partial charge in [-0.3, -0.25) is 0 Å². The number of aromatic carboxylic acids is 1. The van der Waals surface area contributed by atoms with Crippen molar-refractivity contribution in [2.24, 2.45) is 0 Å². The summed E-state index contributed by atoms with van der Waals surface area (Å²) < 4.78 is 18.9. The molecule has 5 heteroatoms. The molecular weight excluding hydrogens is 323 g/mol. The summed E-state index contributed by atoms with van der Waals surface area (Å²) in [6, 6.07) is 7.22. The first-order valence-corrected chi connectivity index (χ1v) is 8.16. The highest BCUT2D eigenvalue weighted by molar-refractivity contribution is 5.97. The fraction of sp³-hybridized carbons (Fsp3) is 0.250. The molecule has 0 aromatic heterocycles. The van der Waals surface area contributed by atoms with Crippen LogP contribution in [0.5, 0.6) is 11.5 Å². The lowest BCUT2D eigenvalue weighted by atomic mass is 9.95. The molecule has 1 aliphatic carbocycles. The second-order valence-electron chi connectivity index (χ2n) is 6.17. The third-order valence-electron chi connectivity index (χ3n) is 4.44. The summed E-state index contributed by atoms with van der Waals surface area (Å²) in [5.74, 6) is -1.39. The largest absolute Gasteiger partial charge is 0.507 e. The van der Waals surface area contributed by atoms with E-state index < -0.39 is 5.97 Å². The van der Waals surface area contributed by atoms with Crippen molar-refractivity contribution in [1.82, 2.24) is 0 Å². The molecule has 1 aliphatic rings. The van der Waals surface area contributed by atoms with Crippen LogP contribution in [-0.2, 0) is 0 Å². The van der Waals surface area contributed by atoms with Gasteiger partial charge in [0.15, 0.2) is 0 Å². The third-order valence-corrected chi connectivity index (χ3v) is 4.44. The van der Waals surface area contributed by atoms with Gasteiger partial charge in [0, 0.05) is 6.07 Å². The average molecular weight is 342 g/mol. The molecule has 25 heavy (non-hydrogen) atoms. The maximum Gasteiger partial charge on any atom is 0.340 e. The van der Waals surface area contributed by atoms with Crippen LogP contribution in [0.2, 0.25) is 0 Å². The summed E-state index contributed by atoms with van der Waals surface area (Å²) in [4.78, 5) is 11.6. The fourth-order valence-electron chi connectivity index (χ4n) is 2.74. The van der Waals surface area contributed by atoms with Crippen LogP contribution in [0.25, 0.3) is 12.2 Å². The summed E-state index contributed by atoms with van der Waals surface area (Å²) in [5.41, 5.74) is 1.59. The molecule has 3 rings (SSSR count). The molecule has 130 valence electrons. The molecule has 4 nitrogen and oxygen atoms in total. The molecule has 2 N–H and O–H groups in total. The SMILES string of the molecule is Cc1c(OC2CCC2)cc(O)c(C(=O)O)c1C=Cc1ccc(F)cc1. The van der Waals surface area contributed by atoms with Gasteiger partial charge in [0.05, 0.1) is 6.10 Å². The maximum atomic E-state index is 13.0. The van der Waals surface area contributed by atoms with Crippen LogP contribution < -0.4 is 4.74 Å². The van der Waals surface area contributed by atoms with Gasteiger partial charge in [-0.05, 0) is 55.0 Å². The summed E-state index contributed by atoms with van der Waals surface area (Å²) in [7, 11) is 0. The Labute approximate surface area is 145 Å². The first-order valence-electron chi connectivity index (χ1n) is 8.16. The number of aromatic hydroxyl groups is 1. The van der Waals surface area contributed by atoms with E-state index in [0.29, 0.717) is 16.9 Å². The fourth-order valence-corrected chi connectivity index (χ4v) is 2.74. The molecule has 2 aromatic carbocycles. The maximum absolute atomic E-state index is 13.0. The lowest BCUT2D eigenvalue weighted by molar-refractivity contribution is 0.0693. The van der Waals surface area contributed by atoms with E-state index in [1.807, 2.05) is 0 Å². The minimum Gasteiger partial charge on any atom is -0.507 e.